The molecular formula is C22H30N2O2. The second-order valence-electron chi connectivity index (χ2n) is 6.40. The normalized spacial score (nSPS) is 13.3. The number of rotatable bonds is 10. The van der Waals surface area contributed by atoms with Crippen LogP contribution >= 0.6 is 0 Å². The Bertz CT molecular complexity index is 695. The molecule has 0 radical (unpaired) electrons. The number of ether oxygens (including phenoxy) is 1. The van der Waals surface area contributed by atoms with Gasteiger partial charge in [-0.05, 0) is 57.4 Å². The van der Waals surface area contributed by atoms with Crippen LogP contribution in [0, 0.1) is 13.8 Å². The summed E-state index contributed by atoms with van der Waals surface area (Å²) < 4.78 is 6.04. The van der Waals surface area contributed by atoms with Crippen molar-refractivity contribution in [3.8, 4) is 5.88 Å². The van der Waals surface area contributed by atoms with Gasteiger partial charge >= 0.3 is 0 Å². The number of aryl methyl sites for hydroxylation is 2. The van der Waals surface area contributed by atoms with Crippen molar-refractivity contribution in [2.45, 2.75) is 60.0 Å². The molecule has 1 rings (SSSR count). The highest BCUT2D eigenvalue weighted by Crippen LogP contribution is 2.17. The average molecular weight is 354 g/mol. The predicted molar refractivity (Wildman–Crippen MR) is 109 cm³/mol. The number of carbonyl (C=O) groups is 1. The van der Waals surface area contributed by atoms with Gasteiger partial charge in [-0.1, -0.05) is 32.1 Å². The van der Waals surface area contributed by atoms with Crippen LogP contribution in [0.4, 0.5) is 0 Å². The van der Waals surface area contributed by atoms with Crippen LogP contribution in [0.15, 0.2) is 53.7 Å². The van der Waals surface area contributed by atoms with E-state index >= 15 is 0 Å². The molecule has 0 spiro atoms. The first-order valence-electron chi connectivity index (χ1n) is 9.05. The lowest BCUT2D eigenvalue weighted by Crippen LogP contribution is -2.17. The fourth-order valence-corrected chi connectivity index (χ4v) is 2.52. The molecule has 4 nitrogen and oxygen atoms in total. The van der Waals surface area contributed by atoms with Gasteiger partial charge < -0.3 is 4.74 Å². The van der Waals surface area contributed by atoms with E-state index in [4.69, 9.17) is 4.74 Å². The van der Waals surface area contributed by atoms with Crippen molar-refractivity contribution in [3.63, 3.8) is 0 Å². The maximum absolute atomic E-state index is 12.3. The molecule has 0 aliphatic carbocycles. The van der Waals surface area contributed by atoms with Gasteiger partial charge in [-0.2, -0.15) is 0 Å². The molecule has 0 aliphatic rings. The van der Waals surface area contributed by atoms with Crippen molar-refractivity contribution >= 4 is 11.5 Å². The Morgan fingerprint density at radius 3 is 2.69 bits per heavy atom. The summed E-state index contributed by atoms with van der Waals surface area (Å²) in [5, 5.41) is 0. The Hall–Kier alpha value is -2.49. The van der Waals surface area contributed by atoms with Crippen LogP contribution in [0.3, 0.4) is 0 Å². The molecule has 0 amide bonds. The molecule has 0 N–H and O–H groups in total. The fraction of sp³-hybridized carbons (Fsp3) is 0.409. The summed E-state index contributed by atoms with van der Waals surface area (Å²) in [7, 11) is 0. The summed E-state index contributed by atoms with van der Waals surface area (Å²) in [5.41, 5.74) is 3.09. The Kier molecular flexibility index (Phi) is 9.27. The first-order chi connectivity index (χ1) is 12.4. The zero-order chi connectivity index (χ0) is 19.5. The summed E-state index contributed by atoms with van der Waals surface area (Å²) in [6, 6.07) is 3.96. The third kappa shape index (κ3) is 7.60. The van der Waals surface area contributed by atoms with Crippen LogP contribution in [-0.2, 0) is 4.79 Å². The van der Waals surface area contributed by atoms with Gasteiger partial charge in [-0.15, -0.1) is 0 Å². The van der Waals surface area contributed by atoms with E-state index in [0.717, 1.165) is 24.1 Å². The van der Waals surface area contributed by atoms with Crippen LogP contribution in [0.2, 0.25) is 0 Å². The van der Waals surface area contributed by atoms with E-state index in [1.807, 2.05) is 39.0 Å². The number of aliphatic imine (C=N–C) groups is 1. The molecule has 140 valence electrons. The lowest BCUT2D eigenvalue weighted by molar-refractivity contribution is -0.108. The molecule has 1 aromatic heterocycles. The van der Waals surface area contributed by atoms with Crippen molar-refractivity contribution in [1.29, 1.82) is 0 Å². The number of allylic oxidation sites excluding steroid dienone is 3. The molecule has 26 heavy (non-hydrogen) atoms. The van der Waals surface area contributed by atoms with Crippen molar-refractivity contribution < 1.29 is 9.53 Å². The summed E-state index contributed by atoms with van der Waals surface area (Å²) in [6.45, 7) is 13.6. The van der Waals surface area contributed by atoms with E-state index in [-0.39, 0.29) is 11.9 Å². The van der Waals surface area contributed by atoms with Crippen molar-refractivity contribution in [2.75, 3.05) is 0 Å². The third-order valence-corrected chi connectivity index (χ3v) is 3.63. The fourth-order valence-electron chi connectivity index (χ4n) is 2.52. The number of aromatic nitrogens is 1. The van der Waals surface area contributed by atoms with Crippen molar-refractivity contribution in [3.05, 3.63) is 60.0 Å². The number of nitrogens with zero attached hydrogens (tertiary/aromatic N) is 2. The summed E-state index contributed by atoms with van der Waals surface area (Å²) in [5.74, 6) is 0.494. The van der Waals surface area contributed by atoms with Gasteiger partial charge in [0.1, 0.15) is 11.8 Å². The van der Waals surface area contributed by atoms with Gasteiger partial charge in [0.25, 0.3) is 0 Å². The molecule has 1 aromatic rings. The highest BCUT2D eigenvalue weighted by Gasteiger charge is 2.12. The van der Waals surface area contributed by atoms with E-state index in [2.05, 4.69) is 23.5 Å². The lowest BCUT2D eigenvalue weighted by Gasteiger charge is -2.17. The van der Waals surface area contributed by atoms with E-state index < -0.39 is 0 Å². The SMILES string of the molecule is C=C(C)/C(=N\C=C/C)C(=O)/C=C/C[C@@H](CCC)Oc1cc(C)cc(C)n1. The minimum atomic E-state index is -0.143. The molecule has 0 aromatic carbocycles. The Morgan fingerprint density at radius 1 is 1.38 bits per heavy atom. The van der Waals surface area contributed by atoms with E-state index in [0.29, 0.717) is 23.6 Å². The monoisotopic (exact) mass is 354 g/mol. The molecule has 4 heteroatoms. The standard InChI is InChI=1S/C22H30N2O2/c1-7-10-19(26-21-15-17(5)14-18(6)24-21)11-9-12-20(25)22(16(3)4)23-13-8-2/h8-9,12-15,19H,3,7,10-11H2,1-2,4-6H3/b12-9+,13-8-,23-22+/t19-/m1/s1. The smallest absolute Gasteiger partial charge is 0.213 e. The molecule has 0 saturated heterocycles. The van der Waals surface area contributed by atoms with Gasteiger partial charge in [-0.3, -0.25) is 9.79 Å². The van der Waals surface area contributed by atoms with Gasteiger partial charge in [0.15, 0.2) is 0 Å². The van der Waals surface area contributed by atoms with E-state index in [1.54, 1.807) is 25.3 Å². The first kappa shape index (κ1) is 21.6. The van der Waals surface area contributed by atoms with Gasteiger partial charge in [0.05, 0.1) is 0 Å². The minimum Gasteiger partial charge on any atom is -0.474 e. The molecule has 0 unspecified atom stereocenters. The van der Waals surface area contributed by atoms with Crippen molar-refractivity contribution in [1.82, 2.24) is 4.98 Å². The average Bonchev–Trinajstić information content (AvgIpc) is 2.54. The maximum atomic E-state index is 12.3. The third-order valence-electron chi connectivity index (χ3n) is 3.63. The second kappa shape index (κ2) is 11.2. The van der Waals surface area contributed by atoms with Gasteiger partial charge in [-0.25, -0.2) is 4.98 Å². The molecule has 0 saturated carbocycles. The Morgan fingerprint density at radius 2 is 2.12 bits per heavy atom. The number of hydrogen-bond donors (Lipinski definition) is 0. The van der Waals surface area contributed by atoms with Gasteiger partial charge in [0.2, 0.25) is 11.7 Å². The van der Waals surface area contributed by atoms with Crippen LogP contribution in [0.25, 0.3) is 0 Å². The molecule has 0 fully saturated rings. The van der Waals surface area contributed by atoms with Gasteiger partial charge in [0, 0.05) is 24.4 Å². The zero-order valence-electron chi connectivity index (χ0n) is 16.6. The topological polar surface area (TPSA) is 51.5 Å². The predicted octanol–water partition coefficient (Wildman–Crippen LogP) is 5.31. The molecular weight excluding hydrogens is 324 g/mol. The quantitative estimate of drug-likeness (QED) is 0.422. The van der Waals surface area contributed by atoms with E-state index in [9.17, 15) is 4.79 Å². The lowest BCUT2D eigenvalue weighted by atomic mass is 10.1. The number of pyridine rings is 1. The van der Waals surface area contributed by atoms with Crippen LogP contribution < -0.4 is 4.74 Å². The molecule has 1 atom stereocenters. The van der Waals surface area contributed by atoms with E-state index in [1.165, 1.54) is 0 Å². The second-order valence-corrected chi connectivity index (χ2v) is 6.40. The summed E-state index contributed by atoms with van der Waals surface area (Å²) in [4.78, 5) is 20.9. The Labute approximate surface area is 157 Å². The van der Waals surface area contributed by atoms with Crippen LogP contribution in [0.1, 0.15) is 51.3 Å². The Balaban J connectivity index is 2.79. The van der Waals surface area contributed by atoms with Crippen LogP contribution in [-0.4, -0.2) is 22.6 Å². The first-order valence-corrected chi connectivity index (χ1v) is 9.05. The molecule has 0 aliphatic heterocycles. The summed E-state index contributed by atoms with van der Waals surface area (Å²) >= 11 is 0. The highest BCUT2D eigenvalue weighted by atomic mass is 16.5. The number of hydrogen-bond acceptors (Lipinski definition) is 4. The molecule has 1 heterocycles. The maximum Gasteiger partial charge on any atom is 0.213 e. The van der Waals surface area contributed by atoms with Crippen molar-refractivity contribution in [2.24, 2.45) is 4.99 Å². The molecule has 0 bridgehead atoms. The largest absolute Gasteiger partial charge is 0.474 e. The van der Waals surface area contributed by atoms with Crippen LogP contribution in [0.5, 0.6) is 5.88 Å². The summed E-state index contributed by atoms with van der Waals surface area (Å²) in [6.07, 6.45) is 9.30. The minimum absolute atomic E-state index is 0.0153. The highest BCUT2D eigenvalue weighted by molar-refractivity contribution is 6.49. The number of ketones is 1. The number of carbonyl (C=O) groups excluding carboxylic acids is 1. The zero-order valence-corrected chi connectivity index (χ0v) is 16.6.